The lowest BCUT2D eigenvalue weighted by Gasteiger charge is -2.12. The van der Waals surface area contributed by atoms with Gasteiger partial charge >= 0.3 is 0 Å². The fraction of sp³-hybridized carbons (Fsp3) is 0.263. The van der Waals surface area contributed by atoms with E-state index >= 15 is 0 Å². The van der Waals surface area contributed by atoms with Crippen LogP contribution in [-0.4, -0.2) is 48.2 Å². The Labute approximate surface area is 192 Å². The normalized spacial score (nSPS) is 10.6. The molecule has 2 aromatic heterocycles. The Balaban J connectivity index is 1.69. The van der Waals surface area contributed by atoms with Crippen LogP contribution >= 0.6 is 35.0 Å². The van der Waals surface area contributed by atoms with E-state index in [2.05, 4.69) is 20.5 Å². The van der Waals surface area contributed by atoms with Crippen molar-refractivity contribution in [1.82, 2.24) is 15.2 Å². The Morgan fingerprint density at radius 3 is 2.35 bits per heavy atom. The summed E-state index contributed by atoms with van der Waals surface area (Å²) in [7, 11) is 4.54. The number of hydrogen-bond acceptors (Lipinski definition) is 9. The van der Waals surface area contributed by atoms with E-state index in [1.807, 2.05) is 0 Å². The Kier molecular flexibility index (Phi) is 7.47. The molecule has 0 unspecified atom stereocenters. The zero-order valence-corrected chi connectivity index (χ0v) is 19.3. The van der Waals surface area contributed by atoms with Gasteiger partial charge in [-0.1, -0.05) is 35.0 Å². The molecule has 2 heterocycles. The van der Waals surface area contributed by atoms with Crippen molar-refractivity contribution >= 4 is 46.7 Å². The number of benzene rings is 1. The number of thioether (sulfide) groups is 1. The summed E-state index contributed by atoms with van der Waals surface area (Å²) in [5.41, 5.74) is 1.13. The summed E-state index contributed by atoms with van der Waals surface area (Å²) >= 11 is 13.1. The van der Waals surface area contributed by atoms with Gasteiger partial charge in [-0.05, 0) is 25.1 Å². The van der Waals surface area contributed by atoms with Gasteiger partial charge in [-0.3, -0.25) is 4.79 Å². The topological polar surface area (TPSA) is 109 Å². The number of nitrogens with zero attached hydrogens (tertiary/aromatic N) is 3. The van der Waals surface area contributed by atoms with Gasteiger partial charge in [-0.15, -0.1) is 10.2 Å². The molecule has 0 atom stereocenters. The third kappa shape index (κ3) is 5.33. The van der Waals surface area contributed by atoms with Crippen molar-refractivity contribution in [3.8, 4) is 28.7 Å². The second-order valence-electron chi connectivity index (χ2n) is 6.01. The maximum atomic E-state index is 12.2. The minimum absolute atomic E-state index is 0.0105. The molecule has 31 heavy (non-hydrogen) atoms. The number of nitrogens with one attached hydrogen (secondary N) is 1. The molecular weight excluding hydrogens is 467 g/mol. The van der Waals surface area contributed by atoms with Crippen LogP contribution in [0.1, 0.15) is 5.69 Å². The lowest BCUT2D eigenvalue weighted by Crippen LogP contribution is -2.15. The maximum Gasteiger partial charge on any atom is 0.277 e. The van der Waals surface area contributed by atoms with Crippen LogP contribution in [0.4, 0.5) is 5.82 Å². The highest BCUT2D eigenvalue weighted by Gasteiger charge is 2.18. The van der Waals surface area contributed by atoms with Crippen molar-refractivity contribution in [1.29, 1.82) is 0 Å². The van der Waals surface area contributed by atoms with Gasteiger partial charge < -0.3 is 23.9 Å². The molecule has 0 aliphatic heterocycles. The number of aromatic nitrogens is 3. The summed E-state index contributed by atoms with van der Waals surface area (Å²) in [5.74, 6) is 1.49. The van der Waals surface area contributed by atoms with E-state index in [-0.39, 0.29) is 33.6 Å². The van der Waals surface area contributed by atoms with E-state index in [9.17, 15) is 4.79 Å². The lowest BCUT2D eigenvalue weighted by molar-refractivity contribution is -0.113. The minimum Gasteiger partial charge on any atom is -0.493 e. The average molecular weight is 485 g/mol. The third-order valence-corrected chi connectivity index (χ3v) is 5.50. The number of carbonyl (C=O) groups is 1. The number of amides is 1. The van der Waals surface area contributed by atoms with Gasteiger partial charge in [0.15, 0.2) is 17.3 Å². The number of rotatable bonds is 8. The van der Waals surface area contributed by atoms with Gasteiger partial charge in [-0.2, -0.15) is 0 Å². The molecule has 3 rings (SSSR count). The molecule has 0 aliphatic carbocycles. The van der Waals surface area contributed by atoms with E-state index in [0.717, 1.165) is 11.8 Å². The molecule has 0 bridgehead atoms. The molecule has 0 spiro atoms. The van der Waals surface area contributed by atoms with E-state index in [4.69, 9.17) is 41.8 Å². The maximum absolute atomic E-state index is 12.2. The van der Waals surface area contributed by atoms with E-state index in [0.29, 0.717) is 33.5 Å². The van der Waals surface area contributed by atoms with E-state index in [1.54, 1.807) is 19.1 Å². The highest BCUT2D eigenvalue weighted by molar-refractivity contribution is 7.99. The molecule has 0 saturated heterocycles. The van der Waals surface area contributed by atoms with Crippen molar-refractivity contribution in [2.24, 2.45) is 0 Å². The fourth-order valence-electron chi connectivity index (χ4n) is 2.53. The first-order chi connectivity index (χ1) is 14.9. The van der Waals surface area contributed by atoms with Gasteiger partial charge in [-0.25, -0.2) is 4.98 Å². The second kappa shape index (κ2) is 10.1. The van der Waals surface area contributed by atoms with Crippen molar-refractivity contribution < 1.29 is 23.4 Å². The average Bonchev–Trinajstić information content (AvgIpc) is 3.24. The number of ether oxygens (including phenoxy) is 3. The Bertz CT molecular complexity index is 1080. The first-order valence-corrected chi connectivity index (χ1v) is 10.5. The smallest absolute Gasteiger partial charge is 0.277 e. The summed E-state index contributed by atoms with van der Waals surface area (Å²) in [5, 5.41) is 11.5. The zero-order valence-electron chi connectivity index (χ0n) is 17.0. The number of halogens is 2. The summed E-state index contributed by atoms with van der Waals surface area (Å²) < 4.78 is 21.6. The number of carbonyl (C=O) groups excluding carboxylic acids is 1. The number of anilines is 1. The predicted molar refractivity (Wildman–Crippen MR) is 118 cm³/mol. The molecule has 1 amide bonds. The second-order valence-corrected chi connectivity index (χ2v) is 7.75. The van der Waals surface area contributed by atoms with Crippen LogP contribution in [0, 0.1) is 6.92 Å². The van der Waals surface area contributed by atoms with Gasteiger partial charge in [0.2, 0.25) is 17.5 Å². The number of pyridine rings is 1. The molecule has 0 saturated carbocycles. The van der Waals surface area contributed by atoms with Crippen LogP contribution in [-0.2, 0) is 4.79 Å². The van der Waals surface area contributed by atoms with Crippen molar-refractivity contribution in [3.05, 3.63) is 33.9 Å². The molecule has 1 aromatic carbocycles. The van der Waals surface area contributed by atoms with Crippen LogP contribution in [0.25, 0.3) is 11.5 Å². The molecule has 0 fully saturated rings. The van der Waals surface area contributed by atoms with E-state index in [1.165, 1.54) is 27.4 Å². The lowest BCUT2D eigenvalue weighted by atomic mass is 10.2. The standard InChI is InChI=1S/C19H18Cl2N4O5S/c1-9-11(20)7-12(21)17(22-9)23-15(26)8-31-19-25-24-18(30-19)10-5-13(27-2)16(29-4)14(6-10)28-3/h5-7H,8H2,1-4H3,(H,22,23,26). The van der Waals surface area contributed by atoms with Crippen LogP contribution in [0.5, 0.6) is 17.2 Å². The van der Waals surface area contributed by atoms with Crippen LogP contribution in [0.15, 0.2) is 27.8 Å². The van der Waals surface area contributed by atoms with Gasteiger partial charge in [0.25, 0.3) is 5.22 Å². The fourth-order valence-corrected chi connectivity index (χ4v) is 3.50. The minimum atomic E-state index is -0.339. The highest BCUT2D eigenvalue weighted by Crippen LogP contribution is 2.41. The molecule has 1 N–H and O–H groups in total. The van der Waals surface area contributed by atoms with Gasteiger partial charge in [0, 0.05) is 5.56 Å². The van der Waals surface area contributed by atoms with Crippen molar-refractivity contribution in [2.45, 2.75) is 12.1 Å². The molecule has 9 nitrogen and oxygen atoms in total. The largest absolute Gasteiger partial charge is 0.493 e. The van der Waals surface area contributed by atoms with Crippen LogP contribution in [0.3, 0.4) is 0 Å². The van der Waals surface area contributed by atoms with Gasteiger partial charge in [0.1, 0.15) is 0 Å². The molecule has 164 valence electrons. The first kappa shape index (κ1) is 23.0. The first-order valence-electron chi connectivity index (χ1n) is 8.75. The quantitative estimate of drug-likeness (QED) is 0.461. The SMILES string of the molecule is COc1cc(-c2nnc(SCC(=O)Nc3nc(C)c(Cl)cc3Cl)o2)cc(OC)c1OC. The molecular formula is C19H18Cl2N4O5S. The summed E-state index contributed by atoms with van der Waals surface area (Å²) in [6.07, 6.45) is 0. The summed E-state index contributed by atoms with van der Waals surface area (Å²) in [4.78, 5) is 16.4. The molecule has 0 radical (unpaired) electrons. The Morgan fingerprint density at radius 1 is 1.06 bits per heavy atom. The predicted octanol–water partition coefficient (Wildman–Crippen LogP) is 4.50. The Hall–Kier alpha value is -2.69. The van der Waals surface area contributed by atoms with Crippen molar-refractivity contribution in [3.63, 3.8) is 0 Å². The highest BCUT2D eigenvalue weighted by atomic mass is 35.5. The summed E-state index contributed by atoms with van der Waals surface area (Å²) in [6.45, 7) is 1.71. The van der Waals surface area contributed by atoms with Gasteiger partial charge in [0.05, 0.1) is 42.8 Å². The number of aryl methyl sites for hydroxylation is 1. The molecule has 3 aromatic rings. The van der Waals surface area contributed by atoms with Crippen molar-refractivity contribution in [2.75, 3.05) is 32.4 Å². The monoisotopic (exact) mass is 484 g/mol. The Morgan fingerprint density at radius 2 is 1.74 bits per heavy atom. The number of hydrogen-bond donors (Lipinski definition) is 1. The third-order valence-electron chi connectivity index (χ3n) is 4.01. The molecule has 12 heteroatoms. The zero-order chi connectivity index (χ0) is 22.5. The van der Waals surface area contributed by atoms with E-state index < -0.39 is 0 Å². The number of methoxy groups -OCH3 is 3. The summed E-state index contributed by atoms with van der Waals surface area (Å²) in [6, 6.07) is 4.90. The molecule has 0 aliphatic rings. The van der Waals surface area contributed by atoms with Crippen LogP contribution < -0.4 is 19.5 Å². The van der Waals surface area contributed by atoms with Crippen LogP contribution in [0.2, 0.25) is 10.0 Å².